The van der Waals surface area contributed by atoms with Crippen LogP contribution in [0, 0.1) is 0 Å². The van der Waals surface area contributed by atoms with Crippen LogP contribution in [0.5, 0.6) is 0 Å². The molecule has 4 heteroatoms. The molecule has 0 radical (unpaired) electrons. The van der Waals surface area contributed by atoms with Crippen LogP contribution in [0.3, 0.4) is 0 Å². The first-order valence-electron chi connectivity index (χ1n) is 5.45. The van der Waals surface area contributed by atoms with E-state index in [9.17, 15) is 14.7 Å². The lowest BCUT2D eigenvalue weighted by atomic mass is 9.78. The number of hydrogen-bond donors (Lipinski definition) is 1. The van der Waals surface area contributed by atoms with Crippen molar-refractivity contribution < 1.29 is 14.7 Å². The van der Waals surface area contributed by atoms with Gasteiger partial charge in [-0.05, 0) is 42.6 Å². The van der Waals surface area contributed by atoms with Crippen molar-refractivity contribution in [1.29, 1.82) is 0 Å². The second-order valence-corrected chi connectivity index (χ2v) is 4.58. The average Bonchev–Trinajstić information content (AvgIpc) is 2.29. The van der Waals surface area contributed by atoms with Gasteiger partial charge >= 0.3 is 5.97 Å². The van der Waals surface area contributed by atoms with Gasteiger partial charge in [0.25, 0.3) is 5.24 Å². The number of hydrogen-bond acceptors (Lipinski definition) is 2. The second kappa shape index (κ2) is 5.32. The molecule has 0 saturated heterocycles. The zero-order valence-electron chi connectivity index (χ0n) is 9.87. The third kappa shape index (κ3) is 2.86. The van der Waals surface area contributed by atoms with Crippen LogP contribution < -0.4 is 0 Å². The molecular formula is C13H15ClO3. The van der Waals surface area contributed by atoms with E-state index in [2.05, 4.69) is 0 Å². The predicted octanol–water partition coefficient (Wildman–Crippen LogP) is 3.21. The highest BCUT2D eigenvalue weighted by Gasteiger charge is 2.34. The van der Waals surface area contributed by atoms with Crippen LogP contribution in [0.15, 0.2) is 24.3 Å². The fourth-order valence-corrected chi connectivity index (χ4v) is 1.97. The summed E-state index contributed by atoms with van der Waals surface area (Å²) < 4.78 is 0. The van der Waals surface area contributed by atoms with Crippen LogP contribution >= 0.6 is 11.6 Å². The van der Waals surface area contributed by atoms with Gasteiger partial charge in [0.05, 0.1) is 5.41 Å². The Kier molecular flexibility index (Phi) is 4.29. The van der Waals surface area contributed by atoms with Gasteiger partial charge < -0.3 is 5.11 Å². The van der Waals surface area contributed by atoms with Crippen LogP contribution in [0.1, 0.15) is 42.6 Å². The Hall–Kier alpha value is -1.35. The number of carbonyl (C=O) groups excluding carboxylic acids is 1. The Bertz CT molecular complexity index is 425. The van der Waals surface area contributed by atoms with Crippen LogP contribution in [0.25, 0.3) is 0 Å². The zero-order chi connectivity index (χ0) is 13.1. The van der Waals surface area contributed by atoms with E-state index in [1.54, 1.807) is 31.2 Å². The quantitative estimate of drug-likeness (QED) is 0.821. The van der Waals surface area contributed by atoms with E-state index in [1.807, 2.05) is 6.92 Å². The predicted molar refractivity (Wildman–Crippen MR) is 66.5 cm³/mol. The standard InChI is InChI=1S/C13H15ClO3/c1-3-8-13(2,12(16)17)10-6-4-9(5-7-10)11(14)15/h4-7H,3,8H2,1-2H3,(H,16,17). The third-order valence-corrected chi connectivity index (χ3v) is 3.19. The Balaban J connectivity index is 3.12. The van der Waals surface area contributed by atoms with Crippen molar-refractivity contribution in [1.82, 2.24) is 0 Å². The van der Waals surface area contributed by atoms with Gasteiger partial charge in [-0.15, -0.1) is 0 Å². The summed E-state index contributed by atoms with van der Waals surface area (Å²) in [5.74, 6) is -0.857. The van der Waals surface area contributed by atoms with Crippen molar-refractivity contribution in [2.75, 3.05) is 0 Å². The van der Waals surface area contributed by atoms with Crippen molar-refractivity contribution in [3.8, 4) is 0 Å². The first-order chi connectivity index (χ1) is 7.91. The zero-order valence-corrected chi connectivity index (χ0v) is 10.6. The molecule has 0 aliphatic heterocycles. The number of carboxylic acids is 1. The first kappa shape index (κ1) is 13.7. The molecule has 0 aliphatic rings. The second-order valence-electron chi connectivity index (χ2n) is 4.24. The minimum absolute atomic E-state index is 0.375. The number of carboxylic acid groups (broad SMARTS) is 1. The number of aliphatic carboxylic acids is 1. The van der Waals surface area contributed by atoms with Crippen LogP contribution in [-0.2, 0) is 10.2 Å². The number of benzene rings is 1. The lowest BCUT2D eigenvalue weighted by Gasteiger charge is -2.24. The van der Waals surface area contributed by atoms with Gasteiger partial charge in [-0.2, -0.15) is 0 Å². The molecule has 0 bridgehead atoms. The van der Waals surface area contributed by atoms with Gasteiger partial charge in [0.1, 0.15) is 0 Å². The first-order valence-corrected chi connectivity index (χ1v) is 5.83. The summed E-state index contributed by atoms with van der Waals surface area (Å²) in [6.07, 6.45) is 1.33. The number of rotatable bonds is 5. The maximum Gasteiger partial charge on any atom is 0.313 e. The van der Waals surface area contributed by atoms with Gasteiger partial charge in [0.2, 0.25) is 0 Å². The van der Waals surface area contributed by atoms with Gasteiger partial charge in [-0.3, -0.25) is 9.59 Å². The highest BCUT2D eigenvalue weighted by molar-refractivity contribution is 6.67. The smallest absolute Gasteiger partial charge is 0.313 e. The van der Waals surface area contributed by atoms with Crippen molar-refractivity contribution >= 4 is 22.8 Å². The van der Waals surface area contributed by atoms with E-state index in [0.29, 0.717) is 17.5 Å². The monoisotopic (exact) mass is 254 g/mol. The highest BCUT2D eigenvalue weighted by atomic mass is 35.5. The molecule has 0 saturated carbocycles. The molecule has 3 nitrogen and oxygen atoms in total. The average molecular weight is 255 g/mol. The van der Waals surface area contributed by atoms with Gasteiger partial charge in [-0.1, -0.05) is 25.5 Å². The molecule has 1 N–H and O–H groups in total. The van der Waals surface area contributed by atoms with Crippen LogP contribution in [0.4, 0.5) is 0 Å². The molecule has 1 rings (SSSR count). The van der Waals surface area contributed by atoms with E-state index < -0.39 is 16.6 Å². The molecule has 1 unspecified atom stereocenters. The molecule has 1 aromatic carbocycles. The summed E-state index contributed by atoms with van der Waals surface area (Å²) in [7, 11) is 0. The molecule has 0 heterocycles. The van der Waals surface area contributed by atoms with Crippen molar-refractivity contribution in [2.24, 2.45) is 0 Å². The van der Waals surface area contributed by atoms with E-state index in [1.165, 1.54) is 0 Å². The highest BCUT2D eigenvalue weighted by Crippen LogP contribution is 2.29. The lowest BCUT2D eigenvalue weighted by molar-refractivity contribution is -0.143. The van der Waals surface area contributed by atoms with Gasteiger partial charge in [0, 0.05) is 5.56 Å². The Labute approximate surface area is 105 Å². The summed E-state index contributed by atoms with van der Waals surface area (Å²) in [5, 5.41) is 8.76. The summed E-state index contributed by atoms with van der Waals surface area (Å²) in [6, 6.07) is 6.42. The normalized spacial score (nSPS) is 14.1. The van der Waals surface area contributed by atoms with Gasteiger partial charge in [-0.25, -0.2) is 0 Å². The molecule has 0 spiro atoms. The van der Waals surface area contributed by atoms with E-state index in [0.717, 1.165) is 6.42 Å². The summed E-state index contributed by atoms with van der Waals surface area (Å²) in [5.41, 5.74) is 0.149. The van der Waals surface area contributed by atoms with Crippen molar-refractivity contribution in [2.45, 2.75) is 32.1 Å². The molecule has 0 aliphatic carbocycles. The molecule has 1 aromatic rings. The molecule has 92 valence electrons. The summed E-state index contributed by atoms with van der Waals surface area (Å²) in [4.78, 5) is 22.3. The Morgan fingerprint density at radius 2 is 1.82 bits per heavy atom. The fourth-order valence-electron chi connectivity index (χ4n) is 1.84. The largest absolute Gasteiger partial charge is 0.481 e. The lowest BCUT2D eigenvalue weighted by Crippen LogP contribution is -2.32. The minimum atomic E-state index is -0.914. The SMILES string of the molecule is CCCC(C)(C(=O)O)c1ccc(C(=O)Cl)cc1. The van der Waals surface area contributed by atoms with Crippen molar-refractivity contribution in [3.05, 3.63) is 35.4 Å². The molecular weight excluding hydrogens is 240 g/mol. The van der Waals surface area contributed by atoms with Crippen molar-refractivity contribution in [3.63, 3.8) is 0 Å². The van der Waals surface area contributed by atoms with E-state index >= 15 is 0 Å². The van der Waals surface area contributed by atoms with Crippen LogP contribution in [-0.4, -0.2) is 16.3 Å². The van der Waals surface area contributed by atoms with Crippen LogP contribution in [0.2, 0.25) is 0 Å². The molecule has 0 fully saturated rings. The third-order valence-electron chi connectivity index (χ3n) is 2.97. The Morgan fingerprint density at radius 1 is 1.29 bits per heavy atom. The fraction of sp³-hybridized carbons (Fsp3) is 0.385. The topological polar surface area (TPSA) is 54.4 Å². The molecule has 0 amide bonds. The minimum Gasteiger partial charge on any atom is -0.481 e. The Morgan fingerprint density at radius 3 is 2.18 bits per heavy atom. The molecule has 0 aromatic heterocycles. The summed E-state index contributed by atoms with van der Waals surface area (Å²) >= 11 is 5.34. The molecule has 17 heavy (non-hydrogen) atoms. The maximum absolute atomic E-state index is 11.3. The number of carbonyl (C=O) groups is 2. The van der Waals surface area contributed by atoms with E-state index in [-0.39, 0.29) is 0 Å². The van der Waals surface area contributed by atoms with Gasteiger partial charge in [0.15, 0.2) is 0 Å². The van der Waals surface area contributed by atoms with E-state index in [4.69, 9.17) is 11.6 Å². The molecule has 1 atom stereocenters. The summed E-state index contributed by atoms with van der Waals surface area (Å²) in [6.45, 7) is 3.63. The maximum atomic E-state index is 11.3. The number of halogens is 1.